The van der Waals surface area contributed by atoms with Gasteiger partial charge in [0, 0.05) is 123 Å². The van der Waals surface area contributed by atoms with Crippen LogP contribution in [0.1, 0.15) is 184 Å². The summed E-state index contributed by atoms with van der Waals surface area (Å²) >= 11 is 11.7. The minimum Gasteiger partial charge on any atom is -0.497 e. The molecule has 144 heavy (non-hydrogen) atoms. The maximum atomic E-state index is 14.9. The number of nitrogens with one attached hydrogen (secondary N) is 2. The van der Waals surface area contributed by atoms with Gasteiger partial charge < -0.3 is 71.3 Å². The third kappa shape index (κ3) is 29.1. The maximum Gasteiger partial charge on any atom is 0.340 e. The van der Waals surface area contributed by atoms with Gasteiger partial charge in [0.05, 0.1) is 155 Å². The monoisotopic (exact) mass is 2140 g/mol. The molecule has 0 bridgehead atoms. The molecular formula is C100H92Br2ClF11N16O14. The molecule has 13 aromatic rings. The van der Waals surface area contributed by atoms with Crippen LogP contribution < -0.4 is 52.5 Å². The topological polar surface area (TPSA) is 441 Å². The zero-order valence-electron chi connectivity index (χ0n) is 78.2. The zero-order valence-corrected chi connectivity index (χ0v) is 82.1. The molecule has 5 aromatic carbocycles. The van der Waals surface area contributed by atoms with Gasteiger partial charge in [-0.15, -0.1) is 0 Å². The first-order valence-corrected chi connectivity index (χ1v) is 45.1. The van der Waals surface area contributed by atoms with Crippen LogP contribution in [0.5, 0.6) is 23.0 Å². The van der Waals surface area contributed by atoms with Crippen LogP contribution in [-0.2, 0) is 54.2 Å². The molecule has 30 nitrogen and oxygen atoms in total. The molecule has 0 unspecified atom stereocenters. The zero-order chi connectivity index (χ0) is 106. The fourth-order valence-corrected chi connectivity index (χ4v) is 14.7. The number of nitrogen functional groups attached to an aromatic ring is 3. The van der Waals surface area contributed by atoms with Crippen LogP contribution in [0.3, 0.4) is 0 Å². The van der Waals surface area contributed by atoms with Crippen molar-refractivity contribution in [3.05, 3.63) is 334 Å². The summed E-state index contributed by atoms with van der Waals surface area (Å²) in [5, 5.41) is 13.5. The number of benzene rings is 5. The number of anilines is 3. The quantitative estimate of drug-likeness (QED) is 0.0218. The second kappa shape index (κ2) is 52.8. The lowest BCUT2D eigenvalue weighted by molar-refractivity contribution is -0.129. The molecule has 0 atom stereocenters. The molecule has 0 saturated heterocycles. The van der Waals surface area contributed by atoms with E-state index in [1.807, 2.05) is 26.8 Å². The average molecular weight is 2150 g/mol. The van der Waals surface area contributed by atoms with Gasteiger partial charge in [0.25, 0.3) is 23.6 Å². The van der Waals surface area contributed by atoms with Crippen LogP contribution in [0.4, 0.5) is 65.7 Å². The molecule has 754 valence electrons. The van der Waals surface area contributed by atoms with Crippen molar-refractivity contribution in [3.63, 3.8) is 0 Å². The number of nitrogens with zero attached hydrogens (tertiary/aromatic N) is 10. The lowest BCUT2D eigenvalue weighted by Gasteiger charge is -2.18. The molecule has 11 N–H and O–H groups in total. The lowest BCUT2D eigenvalue weighted by Crippen LogP contribution is -2.24. The number of rotatable bonds is 24. The number of fused-ring (bicyclic) bond motifs is 3. The summed E-state index contributed by atoms with van der Waals surface area (Å²) in [6.07, 6.45) is 7.26. The number of carboxylic acid groups (broad SMARTS) is 1. The smallest absolute Gasteiger partial charge is 0.340 e. The predicted molar refractivity (Wildman–Crippen MR) is 518 cm³/mol. The molecule has 11 heterocycles. The Hall–Kier alpha value is -15.5. The van der Waals surface area contributed by atoms with E-state index in [1.54, 1.807) is 54.2 Å². The first-order valence-electron chi connectivity index (χ1n) is 43.3. The van der Waals surface area contributed by atoms with Crippen LogP contribution in [0, 0.1) is 64.0 Å². The van der Waals surface area contributed by atoms with E-state index in [9.17, 15) is 86.7 Å². The second-order valence-electron chi connectivity index (χ2n) is 30.8. The number of carbonyl (C=O) groups excluding carboxylic acids is 7. The number of pyridine rings is 8. The highest BCUT2D eigenvalue weighted by atomic mass is 79.9. The van der Waals surface area contributed by atoms with Gasteiger partial charge in [-0.1, -0.05) is 50.6 Å². The first kappa shape index (κ1) is 112. The van der Waals surface area contributed by atoms with E-state index in [1.165, 1.54) is 83.2 Å². The highest BCUT2D eigenvalue weighted by molar-refractivity contribution is 9.10. The van der Waals surface area contributed by atoms with Crippen molar-refractivity contribution in [2.24, 2.45) is 5.73 Å². The number of nitrogens with two attached hydrogens (primary N) is 4. The molecule has 0 fully saturated rings. The normalized spacial score (nSPS) is 11.6. The molecular weight excluding hydrogens is 2050 g/mol. The van der Waals surface area contributed by atoms with E-state index in [2.05, 4.69) is 86.5 Å². The average Bonchev–Trinajstić information content (AvgIpc) is 1.58. The molecule has 3 aliphatic heterocycles. The summed E-state index contributed by atoms with van der Waals surface area (Å²) in [6, 6.07) is 30.6. The van der Waals surface area contributed by atoms with Crippen molar-refractivity contribution in [2.75, 3.05) is 58.7 Å². The van der Waals surface area contributed by atoms with Gasteiger partial charge in [0.1, 0.15) is 110 Å². The van der Waals surface area contributed by atoms with E-state index in [-0.39, 0.29) is 200 Å². The van der Waals surface area contributed by atoms with Crippen molar-refractivity contribution < 1.29 is 115 Å². The van der Waals surface area contributed by atoms with Crippen molar-refractivity contribution in [3.8, 4) is 56.8 Å². The van der Waals surface area contributed by atoms with Crippen molar-refractivity contribution in [2.45, 2.75) is 106 Å². The number of aromatic carboxylic acids is 1. The van der Waals surface area contributed by atoms with Crippen molar-refractivity contribution >= 4 is 108 Å². The number of ketones is 2. The standard InChI is InChI=1S/C32H28F3N3O4.C23H18F3N3O2.C22H17ClF2N2O3.C8H10FN3O.C6H5FN2O2.C5H4BrFN2.C2H3BrO2.C2H7N/c1-4-6-28(39)22-15-36-20(13-25(22)35)11-19-12-26(31-23(33)7-5-8-24(31)34)37-27-17-38(32(40)30(19)27)16-18-9-10-21(41-2)14-29(18)42-3;1-2-4-20(30)14-10-27-13(9-17(14)26)7-12-8-18(22-15(24)5-3-6-16(22)25)29-19-11-28-23(31)21(12)19;1-29-13-7-6-12(19(8-13)30-2)10-27-11-18-20(22(27)28)14(23)9-17(26-18)21-15(24)4-3-5-16(21)25;1-2-11-8(13)5-4-12-7(10)3-6(5)9;7-4-1-5(8)9-2-3(4)6(10)11;6-3-2-9-5(8)1-4(3)7;1-2(4)5-3;1-2-3/h5,7-10,12-15H,4,6,11,16-17H2,1-3H3;3,5-6,8-10H,2,4,7,11H2,1H3,(H,28,31);3-9H,10-11H2,1-2H3;3-4H,2H2,1H3,(H2,10,12)(H,11,13);1-2H,(H2,8,9)(H,10,11);1-2H,(H2,8,9);1H3;2-3H2,1H3. The number of methoxy groups -OCH3 is 4. The molecule has 0 spiro atoms. The molecule has 0 saturated carbocycles. The van der Waals surface area contributed by atoms with Gasteiger partial charge >= 0.3 is 11.9 Å². The minimum atomic E-state index is -1.35. The predicted octanol–water partition coefficient (Wildman–Crippen LogP) is 19.0. The number of hydrogen-bond acceptors (Lipinski definition) is 25. The van der Waals surface area contributed by atoms with Crippen LogP contribution in [0.2, 0.25) is 5.02 Å². The largest absolute Gasteiger partial charge is 0.497 e. The van der Waals surface area contributed by atoms with Gasteiger partial charge in [-0.3, -0.25) is 43.5 Å². The Bertz CT molecular complexity index is 6890. The van der Waals surface area contributed by atoms with Crippen LogP contribution >= 0.6 is 43.8 Å². The Morgan fingerprint density at radius 2 is 0.826 bits per heavy atom. The van der Waals surface area contributed by atoms with E-state index >= 15 is 0 Å². The Morgan fingerprint density at radius 3 is 1.19 bits per heavy atom. The third-order valence-electron chi connectivity index (χ3n) is 20.7. The van der Waals surface area contributed by atoms with E-state index in [0.717, 1.165) is 96.8 Å². The van der Waals surface area contributed by atoms with Gasteiger partial charge in [-0.2, -0.15) is 0 Å². The van der Waals surface area contributed by atoms with Gasteiger partial charge in [-0.05, 0) is 144 Å². The number of amides is 4. The summed E-state index contributed by atoms with van der Waals surface area (Å²) in [6.45, 7) is 10.6. The van der Waals surface area contributed by atoms with Gasteiger partial charge in [-0.25, -0.2) is 83.0 Å². The number of Topliss-reactive ketones (excluding diaryl/α,β-unsaturated/α-hetero) is 2. The number of ether oxygens (including phenoxy) is 4. The van der Waals surface area contributed by atoms with Gasteiger partial charge in [0.15, 0.2) is 27.8 Å². The second-order valence-corrected chi connectivity index (χ2v) is 32.4. The molecule has 0 radical (unpaired) electrons. The van der Waals surface area contributed by atoms with E-state index in [0.29, 0.717) is 75.1 Å². The Morgan fingerprint density at radius 1 is 0.458 bits per heavy atom. The fourth-order valence-electron chi connectivity index (χ4n) is 14.2. The minimum absolute atomic E-state index is 0.00578. The third-order valence-corrected chi connectivity index (χ3v) is 22.0. The summed E-state index contributed by atoms with van der Waals surface area (Å²) in [7, 11) is 6.14. The molecule has 3 aliphatic rings. The number of aromatic nitrogens is 8. The van der Waals surface area contributed by atoms with E-state index < -0.39 is 75.6 Å². The molecule has 0 aliphatic carbocycles. The SMILES string of the molecule is CC(=O)OBr.CCCC(=O)c1cnc(Cc2cc(-c3c(F)cccc3F)nc3c2C(=O)N(Cc2ccc(OC)cc2OC)C3)cc1F.CCCC(=O)c1cnc(Cc2cc(-c3c(F)cccc3F)nc3c2C(=O)NC3)cc1F.CCN.CCNC(=O)c1cnc(N)cc1F.COc1ccc(CN2Cc3nc(-c4c(F)cccc4F)cc(Cl)c3C2=O)c(OC)c1.Nc1cc(F)c(Br)cn1.Nc1cc(F)c(C(=O)O)cn1. The summed E-state index contributed by atoms with van der Waals surface area (Å²) < 4.78 is 180. The highest BCUT2D eigenvalue weighted by Gasteiger charge is 2.37. The van der Waals surface area contributed by atoms with Crippen molar-refractivity contribution in [1.29, 1.82) is 0 Å². The number of halogens is 14. The van der Waals surface area contributed by atoms with Crippen molar-refractivity contribution in [1.82, 2.24) is 60.3 Å². The first-order chi connectivity index (χ1) is 68.7. The molecule has 16 rings (SSSR count). The van der Waals surface area contributed by atoms with Crippen LogP contribution in [-0.4, -0.2) is 143 Å². The Balaban J connectivity index is 0.000000203. The summed E-state index contributed by atoms with van der Waals surface area (Å²) in [4.78, 5) is 129. The fraction of sp³-hybridized carbons (Fsp3) is 0.220. The van der Waals surface area contributed by atoms with Crippen LogP contribution in [0.15, 0.2) is 175 Å². The summed E-state index contributed by atoms with van der Waals surface area (Å²) in [5.41, 5.74) is 23.4. The number of carbonyl (C=O) groups is 8. The lowest BCUT2D eigenvalue weighted by atomic mass is 9.98. The van der Waals surface area contributed by atoms with Crippen LogP contribution in [0.25, 0.3) is 33.8 Å². The highest BCUT2D eigenvalue weighted by Crippen LogP contribution is 2.40. The molecule has 4 amide bonds. The number of hydrogen-bond donors (Lipinski definition) is 7. The Kier molecular flexibility index (Phi) is 41.1. The maximum absolute atomic E-state index is 14.9. The number of carboxylic acids is 1. The van der Waals surface area contributed by atoms with Gasteiger partial charge in [0.2, 0.25) is 0 Å². The molecule has 8 aromatic heterocycles. The van der Waals surface area contributed by atoms with E-state index in [4.69, 9.17) is 58.6 Å². The molecule has 44 heteroatoms. The Labute approximate surface area is 839 Å². The summed E-state index contributed by atoms with van der Waals surface area (Å²) in [5.74, 6) is -9.31.